The Kier molecular flexibility index (Phi) is 18.8. The lowest BCUT2D eigenvalue weighted by atomic mass is 10.1. The maximum Gasteiger partial charge on any atom is 0.0431 e. The summed E-state index contributed by atoms with van der Waals surface area (Å²) in [6.07, 6.45) is 11.8. The molecule has 98 valence electrons. The minimum Gasteiger partial charge on any atom is -0.550 e. The van der Waals surface area contributed by atoms with Crippen molar-refractivity contribution in [2.24, 2.45) is 0 Å². The van der Waals surface area contributed by atoms with Gasteiger partial charge in [0.25, 0.3) is 0 Å². The van der Waals surface area contributed by atoms with E-state index >= 15 is 0 Å². The number of rotatable bonds is 9. The van der Waals surface area contributed by atoms with Crippen LogP contribution >= 0.6 is 0 Å². The average molecular weight is 231 g/mol. The van der Waals surface area contributed by atoms with Gasteiger partial charge in [-0.15, -0.1) is 0 Å². The van der Waals surface area contributed by atoms with Crippen molar-refractivity contribution in [3.8, 4) is 0 Å². The normalized spacial score (nSPS) is 9.44. The summed E-state index contributed by atoms with van der Waals surface area (Å²) in [5.74, 6) is -1.08. The summed E-state index contributed by atoms with van der Waals surface area (Å²) >= 11 is 0. The highest BCUT2D eigenvalue weighted by atomic mass is 16.4. The standard InChI is InChI=1S/C11H24O.C2H4O2/c1-2-3-4-5-6-7-8-9-10-11-12;1-2(3)4/h12H,2-11H2,1H3;1H3,(H,3,4)/p-1. The van der Waals surface area contributed by atoms with Crippen LogP contribution in [0.15, 0.2) is 0 Å². The van der Waals surface area contributed by atoms with Crippen LogP contribution in [-0.4, -0.2) is 17.7 Å². The van der Waals surface area contributed by atoms with Crippen molar-refractivity contribution in [3.63, 3.8) is 0 Å². The molecule has 3 nitrogen and oxygen atoms in total. The fourth-order valence-electron chi connectivity index (χ4n) is 1.42. The van der Waals surface area contributed by atoms with Gasteiger partial charge >= 0.3 is 0 Å². The molecule has 0 aromatic rings. The lowest BCUT2D eigenvalue weighted by molar-refractivity contribution is -0.302. The Morgan fingerprint density at radius 3 is 1.56 bits per heavy atom. The topological polar surface area (TPSA) is 60.4 Å². The van der Waals surface area contributed by atoms with E-state index in [1.54, 1.807) is 0 Å². The molecule has 0 amide bonds. The molecule has 0 saturated carbocycles. The number of aliphatic hydroxyl groups is 1. The minimum absolute atomic E-state index is 0.371. The first-order chi connectivity index (χ1) is 7.65. The van der Waals surface area contributed by atoms with E-state index in [9.17, 15) is 0 Å². The Hall–Kier alpha value is -0.570. The second-order valence-electron chi connectivity index (χ2n) is 4.04. The summed E-state index contributed by atoms with van der Waals surface area (Å²) in [4.78, 5) is 8.89. The molecule has 0 radical (unpaired) electrons. The summed E-state index contributed by atoms with van der Waals surface area (Å²) < 4.78 is 0. The Morgan fingerprint density at radius 1 is 0.938 bits per heavy atom. The first-order valence-corrected chi connectivity index (χ1v) is 6.43. The quantitative estimate of drug-likeness (QED) is 0.619. The van der Waals surface area contributed by atoms with Gasteiger partial charge in [-0.3, -0.25) is 0 Å². The van der Waals surface area contributed by atoms with Gasteiger partial charge in [-0.25, -0.2) is 0 Å². The van der Waals surface area contributed by atoms with E-state index in [1.165, 1.54) is 51.4 Å². The molecule has 3 heteroatoms. The summed E-state index contributed by atoms with van der Waals surface area (Å²) in [6, 6.07) is 0. The third-order valence-electron chi connectivity index (χ3n) is 2.26. The third-order valence-corrected chi connectivity index (χ3v) is 2.26. The number of hydrogen-bond donors (Lipinski definition) is 1. The van der Waals surface area contributed by atoms with Crippen molar-refractivity contribution >= 4 is 5.97 Å². The van der Waals surface area contributed by atoms with Gasteiger partial charge in [0.15, 0.2) is 0 Å². The molecule has 0 unspecified atom stereocenters. The summed E-state index contributed by atoms with van der Waals surface area (Å²) in [5.41, 5.74) is 0. The zero-order valence-electron chi connectivity index (χ0n) is 10.8. The SMILES string of the molecule is CC(=O)[O-].CCCCCCCCCCCO. The van der Waals surface area contributed by atoms with E-state index in [0.717, 1.165) is 13.3 Å². The molecular weight excluding hydrogens is 204 g/mol. The molecule has 0 atom stereocenters. The van der Waals surface area contributed by atoms with Gasteiger partial charge in [0.05, 0.1) is 0 Å². The van der Waals surface area contributed by atoms with Crippen molar-refractivity contribution in [1.29, 1.82) is 0 Å². The minimum atomic E-state index is -1.08. The molecule has 0 saturated heterocycles. The van der Waals surface area contributed by atoms with Crippen LogP contribution in [0.3, 0.4) is 0 Å². The Bertz CT molecular complexity index is 121. The summed E-state index contributed by atoms with van der Waals surface area (Å²) in [6.45, 7) is 3.59. The summed E-state index contributed by atoms with van der Waals surface area (Å²) in [5, 5.41) is 17.4. The predicted octanol–water partition coefficient (Wildman–Crippen LogP) is 2.27. The number of carboxylic acids is 1. The van der Waals surface area contributed by atoms with E-state index in [-0.39, 0.29) is 0 Å². The van der Waals surface area contributed by atoms with Crippen LogP contribution in [0, 0.1) is 0 Å². The number of aliphatic hydroxyl groups excluding tert-OH is 1. The molecular formula is C13H27O3-. The monoisotopic (exact) mass is 231 g/mol. The van der Waals surface area contributed by atoms with E-state index < -0.39 is 5.97 Å². The molecule has 0 bridgehead atoms. The zero-order valence-corrected chi connectivity index (χ0v) is 10.8. The van der Waals surface area contributed by atoms with Crippen LogP contribution in [-0.2, 0) is 4.79 Å². The fourth-order valence-corrected chi connectivity index (χ4v) is 1.42. The van der Waals surface area contributed by atoms with E-state index in [1.807, 2.05) is 0 Å². The molecule has 0 aliphatic carbocycles. The second-order valence-corrected chi connectivity index (χ2v) is 4.04. The van der Waals surface area contributed by atoms with Gasteiger partial charge in [-0.2, -0.15) is 0 Å². The van der Waals surface area contributed by atoms with E-state index in [0.29, 0.717) is 6.61 Å². The highest BCUT2D eigenvalue weighted by molar-refractivity contribution is 5.60. The molecule has 0 fully saturated rings. The number of hydrogen-bond acceptors (Lipinski definition) is 3. The molecule has 0 aliphatic heterocycles. The van der Waals surface area contributed by atoms with Crippen molar-refractivity contribution in [2.45, 2.75) is 71.6 Å². The van der Waals surface area contributed by atoms with Crippen LogP contribution < -0.4 is 5.11 Å². The molecule has 0 heterocycles. The molecule has 0 rings (SSSR count). The first-order valence-electron chi connectivity index (χ1n) is 6.43. The molecule has 0 aromatic carbocycles. The average Bonchev–Trinajstić information content (AvgIpc) is 2.21. The van der Waals surface area contributed by atoms with Crippen molar-refractivity contribution in [1.82, 2.24) is 0 Å². The van der Waals surface area contributed by atoms with Crippen LogP contribution in [0.4, 0.5) is 0 Å². The predicted molar refractivity (Wildman–Crippen MR) is 65.0 cm³/mol. The molecule has 0 spiro atoms. The first kappa shape index (κ1) is 17.8. The molecule has 0 aromatic heterocycles. The number of aliphatic carboxylic acids is 1. The van der Waals surface area contributed by atoms with Gasteiger partial charge in [0.1, 0.15) is 0 Å². The lowest BCUT2D eigenvalue weighted by Gasteiger charge is -1.99. The van der Waals surface area contributed by atoms with Crippen LogP contribution in [0.1, 0.15) is 71.6 Å². The zero-order chi connectivity index (χ0) is 12.6. The number of carbonyl (C=O) groups is 1. The van der Waals surface area contributed by atoms with Gasteiger partial charge in [0, 0.05) is 12.6 Å². The maximum atomic E-state index is 8.89. The van der Waals surface area contributed by atoms with E-state index in [4.69, 9.17) is 15.0 Å². The van der Waals surface area contributed by atoms with Crippen LogP contribution in [0.2, 0.25) is 0 Å². The van der Waals surface area contributed by atoms with E-state index in [2.05, 4.69) is 6.92 Å². The van der Waals surface area contributed by atoms with Gasteiger partial charge in [-0.05, 0) is 13.3 Å². The highest BCUT2D eigenvalue weighted by Crippen LogP contribution is 2.08. The molecule has 0 aliphatic rings. The number of carbonyl (C=O) groups excluding carboxylic acids is 1. The van der Waals surface area contributed by atoms with Crippen molar-refractivity contribution in [2.75, 3.05) is 6.61 Å². The van der Waals surface area contributed by atoms with Gasteiger partial charge in [0.2, 0.25) is 0 Å². The molecule has 16 heavy (non-hydrogen) atoms. The maximum absolute atomic E-state index is 8.89. The lowest BCUT2D eigenvalue weighted by Crippen LogP contribution is -2.16. The number of unbranched alkanes of at least 4 members (excludes halogenated alkanes) is 8. The Morgan fingerprint density at radius 2 is 1.25 bits per heavy atom. The highest BCUT2D eigenvalue weighted by Gasteiger charge is 1.90. The Balaban J connectivity index is 0. The van der Waals surface area contributed by atoms with Gasteiger partial charge < -0.3 is 15.0 Å². The Labute approximate surface area is 99.9 Å². The third kappa shape index (κ3) is 29.2. The number of carboxylic acid groups (broad SMARTS) is 1. The van der Waals surface area contributed by atoms with Gasteiger partial charge in [-0.1, -0.05) is 58.3 Å². The van der Waals surface area contributed by atoms with Crippen LogP contribution in [0.25, 0.3) is 0 Å². The largest absolute Gasteiger partial charge is 0.550 e. The van der Waals surface area contributed by atoms with Crippen LogP contribution in [0.5, 0.6) is 0 Å². The molecule has 1 N–H and O–H groups in total. The smallest absolute Gasteiger partial charge is 0.0431 e. The second kappa shape index (κ2) is 16.8. The summed E-state index contributed by atoms with van der Waals surface area (Å²) in [7, 11) is 0. The van der Waals surface area contributed by atoms with Crippen molar-refractivity contribution < 1.29 is 15.0 Å². The fraction of sp³-hybridized carbons (Fsp3) is 0.923. The van der Waals surface area contributed by atoms with Crippen molar-refractivity contribution in [3.05, 3.63) is 0 Å².